The summed E-state index contributed by atoms with van der Waals surface area (Å²) in [6.07, 6.45) is 9.83. The van der Waals surface area contributed by atoms with Gasteiger partial charge in [0.1, 0.15) is 0 Å². The van der Waals surface area contributed by atoms with E-state index >= 15 is 0 Å². The lowest BCUT2D eigenvalue weighted by Crippen LogP contribution is -2.45. The first kappa shape index (κ1) is 13.4. The Hall–Kier alpha value is -0.0800. The lowest BCUT2D eigenvalue weighted by Gasteiger charge is -2.32. The lowest BCUT2D eigenvalue weighted by atomic mass is 10.0. The van der Waals surface area contributed by atoms with Gasteiger partial charge in [0.25, 0.3) is 0 Å². The Bertz CT molecular complexity index is 207. The van der Waals surface area contributed by atoms with E-state index in [2.05, 4.69) is 24.1 Å². The van der Waals surface area contributed by atoms with Crippen LogP contribution in [0.25, 0.3) is 0 Å². The third-order valence-electron chi connectivity index (χ3n) is 4.26. The summed E-state index contributed by atoms with van der Waals surface area (Å²) in [5.41, 5.74) is 0. The summed E-state index contributed by atoms with van der Waals surface area (Å²) in [7, 11) is 0. The van der Waals surface area contributed by atoms with Gasteiger partial charge in [-0.05, 0) is 44.6 Å². The van der Waals surface area contributed by atoms with E-state index in [4.69, 9.17) is 0 Å². The highest BCUT2D eigenvalue weighted by molar-refractivity contribution is 4.88. The fourth-order valence-corrected chi connectivity index (χ4v) is 3.16. The number of nitrogens with one attached hydrogen (secondary N) is 1. The van der Waals surface area contributed by atoms with Gasteiger partial charge in [0.05, 0.1) is 0 Å². The average Bonchev–Trinajstić information content (AvgIpc) is 3.14. The van der Waals surface area contributed by atoms with Gasteiger partial charge in [0, 0.05) is 25.2 Å². The molecule has 2 fully saturated rings. The van der Waals surface area contributed by atoms with Crippen molar-refractivity contribution in [2.45, 2.75) is 70.9 Å². The van der Waals surface area contributed by atoms with Crippen LogP contribution in [0.15, 0.2) is 0 Å². The van der Waals surface area contributed by atoms with E-state index in [1.807, 2.05) is 0 Å². The van der Waals surface area contributed by atoms with Crippen LogP contribution < -0.4 is 5.32 Å². The normalized spacial score (nSPS) is 27.4. The van der Waals surface area contributed by atoms with Crippen LogP contribution in [0.3, 0.4) is 0 Å². The fraction of sp³-hybridized carbons (Fsp3) is 1.00. The molecule has 0 spiro atoms. The molecule has 100 valence electrons. The van der Waals surface area contributed by atoms with Crippen LogP contribution in [-0.2, 0) is 0 Å². The molecule has 0 amide bonds. The summed E-state index contributed by atoms with van der Waals surface area (Å²) in [4.78, 5) is 2.78. The topological polar surface area (TPSA) is 15.3 Å². The molecule has 1 saturated heterocycles. The van der Waals surface area contributed by atoms with E-state index in [9.17, 15) is 0 Å². The molecule has 2 heteroatoms. The highest BCUT2D eigenvalue weighted by Crippen LogP contribution is 2.28. The standard InChI is InChI=1S/C15H30N2/c1-3-6-13(2)11-17(15-8-9-15)12-14-7-4-5-10-16-14/h13-16H,3-12H2,1-2H3. The van der Waals surface area contributed by atoms with Crippen molar-refractivity contribution in [2.75, 3.05) is 19.6 Å². The van der Waals surface area contributed by atoms with E-state index < -0.39 is 0 Å². The second-order valence-corrected chi connectivity index (χ2v) is 6.23. The molecule has 0 radical (unpaired) electrons. The van der Waals surface area contributed by atoms with Crippen LogP contribution in [0.1, 0.15) is 58.8 Å². The van der Waals surface area contributed by atoms with Gasteiger partial charge in [-0.25, -0.2) is 0 Å². The minimum absolute atomic E-state index is 0.776. The van der Waals surface area contributed by atoms with Crippen molar-refractivity contribution in [2.24, 2.45) is 5.92 Å². The molecule has 1 aliphatic heterocycles. The highest BCUT2D eigenvalue weighted by atomic mass is 15.2. The Balaban J connectivity index is 1.75. The van der Waals surface area contributed by atoms with Crippen LogP contribution in [0.5, 0.6) is 0 Å². The zero-order valence-corrected chi connectivity index (χ0v) is 11.8. The Kier molecular flexibility index (Phi) is 5.30. The molecule has 2 unspecified atom stereocenters. The van der Waals surface area contributed by atoms with Gasteiger partial charge >= 0.3 is 0 Å². The van der Waals surface area contributed by atoms with Crippen LogP contribution >= 0.6 is 0 Å². The minimum atomic E-state index is 0.776. The van der Waals surface area contributed by atoms with E-state index in [0.29, 0.717) is 0 Å². The Morgan fingerprint density at radius 2 is 2.06 bits per heavy atom. The third-order valence-corrected chi connectivity index (χ3v) is 4.26. The Labute approximate surface area is 107 Å². The maximum absolute atomic E-state index is 3.70. The zero-order valence-electron chi connectivity index (χ0n) is 11.8. The van der Waals surface area contributed by atoms with Gasteiger partial charge in [-0.3, -0.25) is 4.90 Å². The molecule has 1 aliphatic carbocycles. The smallest absolute Gasteiger partial charge is 0.0195 e. The summed E-state index contributed by atoms with van der Waals surface area (Å²) in [6, 6.07) is 1.70. The van der Waals surface area contributed by atoms with Crippen molar-refractivity contribution < 1.29 is 0 Å². The van der Waals surface area contributed by atoms with Crippen LogP contribution in [0.4, 0.5) is 0 Å². The van der Waals surface area contributed by atoms with Gasteiger partial charge in [-0.2, -0.15) is 0 Å². The molecule has 0 aromatic heterocycles. The minimum Gasteiger partial charge on any atom is -0.313 e. The molecule has 0 bridgehead atoms. The van der Waals surface area contributed by atoms with Crippen LogP contribution in [0, 0.1) is 5.92 Å². The number of hydrogen-bond donors (Lipinski definition) is 1. The molecule has 0 aromatic carbocycles. The second-order valence-electron chi connectivity index (χ2n) is 6.23. The second kappa shape index (κ2) is 6.75. The number of hydrogen-bond acceptors (Lipinski definition) is 2. The van der Waals surface area contributed by atoms with Crippen molar-refractivity contribution >= 4 is 0 Å². The molecule has 1 saturated carbocycles. The van der Waals surface area contributed by atoms with Crippen LogP contribution in [0.2, 0.25) is 0 Å². The molecule has 0 aromatic rings. The molecule has 2 atom stereocenters. The third kappa shape index (κ3) is 4.59. The summed E-state index contributed by atoms with van der Waals surface area (Å²) < 4.78 is 0. The summed E-state index contributed by atoms with van der Waals surface area (Å²) >= 11 is 0. The molecule has 2 nitrogen and oxygen atoms in total. The summed E-state index contributed by atoms with van der Waals surface area (Å²) in [5, 5.41) is 3.70. The van der Waals surface area contributed by atoms with E-state index in [1.54, 1.807) is 0 Å². The molecular formula is C15H30N2. The molecular weight excluding hydrogens is 208 g/mol. The monoisotopic (exact) mass is 238 g/mol. The van der Waals surface area contributed by atoms with Gasteiger partial charge < -0.3 is 5.32 Å². The molecule has 1 heterocycles. The van der Waals surface area contributed by atoms with E-state index in [-0.39, 0.29) is 0 Å². The van der Waals surface area contributed by atoms with Crippen molar-refractivity contribution in [3.63, 3.8) is 0 Å². The van der Waals surface area contributed by atoms with Gasteiger partial charge in [-0.15, -0.1) is 0 Å². The predicted molar refractivity (Wildman–Crippen MR) is 74.3 cm³/mol. The van der Waals surface area contributed by atoms with E-state index in [0.717, 1.165) is 18.0 Å². The number of piperidine rings is 1. The Morgan fingerprint density at radius 3 is 2.65 bits per heavy atom. The Morgan fingerprint density at radius 1 is 1.24 bits per heavy atom. The van der Waals surface area contributed by atoms with Gasteiger partial charge in [0.15, 0.2) is 0 Å². The summed E-state index contributed by atoms with van der Waals surface area (Å²) in [6.45, 7) is 8.61. The van der Waals surface area contributed by atoms with Gasteiger partial charge in [-0.1, -0.05) is 26.7 Å². The molecule has 1 N–H and O–H groups in total. The molecule has 17 heavy (non-hydrogen) atoms. The number of nitrogens with zero attached hydrogens (tertiary/aromatic N) is 1. The van der Waals surface area contributed by atoms with Crippen molar-refractivity contribution in [3.05, 3.63) is 0 Å². The van der Waals surface area contributed by atoms with Crippen LogP contribution in [-0.4, -0.2) is 36.6 Å². The van der Waals surface area contributed by atoms with Crippen molar-refractivity contribution in [1.82, 2.24) is 10.2 Å². The highest BCUT2D eigenvalue weighted by Gasteiger charge is 2.31. The van der Waals surface area contributed by atoms with Gasteiger partial charge in [0.2, 0.25) is 0 Å². The van der Waals surface area contributed by atoms with Crippen molar-refractivity contribution in [1.29, 1.82) is 0 Å². The predicted octanol–water partition coefficient (Wildman–Crippen LogP) is 3.03. The lowest BCUT2D eigenvalue weighted by molar-refractivity contribution is 0.187. The first-order chi connectivity index (χ1) is 8.29. The first-order valence-electron chi connectivity index (χ1n) is 7.77. The zero-order chi connectivity index (χ0) is 12.1. The average molecular weight is 238 g/mol. The molecule has 2 rings (SSSR count). The number of rotatable bonds is 7. The summed E-state index contributed by atoms with van der Waals surface area (Å²) in [5.74, 6) is 0.879. The maximum Gasteiger partial charge on any atom is 0.0195 e. The van der Waals surface area contributed by atoms with E-state index in [1.165, 1.54) is 64.6 Å². The largest absolute Gasteiger partial charge is 0.313 e. The fourth-order valence-electron chi connectivity index (χ4n) is 3.16. The SMILES string of the molecule is CCCC(C)CN(CC1CCCCN1)C1CC1. The maximum atomic E-state index is 3.70. The molecule has 2 aliphatic rings. The first-order valence-corrected chi connectivity index (χ1v) is 7.77. The quantitative estimate of drug-likeness (QED) is 0.733. The van der Waals surface area contributed by atoms with Crippen molar-refractivity contribution in [3.8, 4) is 0 Å².